The fourth-order valence-electron chi connectivity index (χ4n) is 2.60. The highest BCUT2D eigenvalue weighted by molar-refractivity contribution is 5.92. The number of carbonyl (C=O) groups is 1. The Labute approximate surface area is 141 Å². The van der Waals surface area contributed by atoms with Crippen molar-refractivity contribution in [3.63, 3.8) is 0 Å². The molecule has 1 unspecified atom stereocenters. The van der Waals surface area contributed by atoms with Crippen molar-refractivity contribution in [2.45, 2.75) is 13.0 Å². The predicted molar refractivity (Wildman–Crippen MR) is 90.7 cm³/mol. The van der Waals surface area contributed by atoms with Crippen molar-refractivity contribution in [1.82, 2.24) is 20.0 Å². The maximum absolute atomic E-state index is 12.5. The van der Waals surface area contributed by atoms with Gasteiger partial charge in [-0.2, -0.15) is 5.10 Å². The summed E-state index contributed by atoms with van der Waals surface area (Å²) < 4.78 is 6.85. The van der Waals surface area contributed by atoms with Crippen LogP contribution in [0.1, 0.15) is 17.4 Å². The van der Waals surface area contributed by atoms with Gasteiger partial charge in [-0.15, -0.1) is 12.4 Å². The summed E-state index contributed by atoms with van der Waals surface area (Å²) >= 11 is 0. The molecule has 0 aliphatic carbocycles. The van der Waals surface area contributed by atoms with Gasteiger partial charge < -0.3 is 15.0 Å². The van der Waals surface area contributed by atoms with Gasteiger partial charge in [0.1, 0.15) is 5.75 Å². The Kier molecular flexibility index (Phi) is 5.63. The summed E-state index contributed by atoms with van der Waals surface area (Å²) in [4.78, 5) is 14.3. The molecule has 124 valence electrons. The minimum Gasteiger partial charge on any atom is -0.497 e. The molecule has 3 rings (SSSR count). The number of hydrogen-bond donors (Lipinski definition) is 1. The van der Waals surface area contributed by atoms with Crippen LogP contribution in [0.15, 0.2) is 36.5 Å². The first-order valence-corrected chi connectivity index (χ1v) is 7.40. The van der Waals surface area contributed by atoms with E-state index in [4.69, 9.17) is 4.74 Å². The van der Waals surface area contributed by atoms with Crippen molar-refractivity contribution in [2.24, 2.45) is 0 Å². The first-order chi connectivity index (χ1) is 10.7. The average molecular weight is 337 g/mol. The van der Waals surface area contributed by atoms with Gasteiger partial charge in [0.2, 0.25) is 0 Å². The van der Waals surface area contributed by atoms with Crippen molar-refractivity contribution in [3.05, 3.63) is 42.2 Å². The largest absolute Gasteiger partial charge is 0.497 e. The minimum absolute atomic E-state index is 0. The lowest BCUT2D eigenvalue weighted by atomic mass is 10.2. The summed E-state index contributed by atoms with van der Waals surface area (Å²) in [7, 11) is 1.63. The average Bonchev–Trinajstić information content (AvgIpc) is 3.04. The van der Waals surface area contributed by atoms with Gasteiger partial charge in [-0.3, -0.25) is 4.79 Å². The molecule has 0 saturated carbocycles. The second-order valence-corrected chi connectivity index (χ2v) is 5.45. The summed E-state index contributed by atoms with van der Waals surface area (Å²) in [6.07, 6.45) is 1.81. The van der Waals surface area contributed by atoms with Crippen molar-refractivity contribution >= 4 is 18.3 Å². The summed E-state index contributed by atoms with van der Waals surface area (Å²) in [5.74, 6) is 0.780. The zero-order valence-electron chi connectivity index (χ0n) is 13.2. The fraction of sp³-hybridized carbons (Fsp3) is 0.375. The molecule has 23 heavy (non-hydrogen) atoms. The number of hydrogen-bond acceptors (Lipinski definition) is 4. The number of aromatic nitrogens is 2. The molecule has 1 aromatic heterocycles. The van der Waals surface area contributed by atoms with E-state index in [1.165, 1.54) is 0 Å². The molecule has 7 heteroatoms. The molecule has 2 heterocycles. The van der Waals surface area contributed by atoms with Crippen molar-refractivity contribution in [2.75, 3.05) is 26.7 Å². The van der Waals surface area contributed by atoms with Crippen LogP contribution in [0.4, 0.5) is 0 Å². The number of piperazine rings is 1. The molecule has 0 radical (unpaired) electrons. The molecule has 0 spiro atoms. The van der Waals surface area contributed by atoms with E-state index in [1.54, 1.807) is 24.1 Å². The van der Waals surface area contributed by atoms with Gasteiger partial charge in [-0.25, -0.2) is 4.68 Å². The Morgan fingerprint density at radius 3 is 2.70 bits per heavy atom. The number of methoxy groups -OCH3 is 1. The monoisotopic (exact) mass is 336 g/mol. The van der Waals surface area contributed by atoms with Gasteiger partial charge >= 0.3 is 0 Å². The molecule has 1 aromatic carbocycles. The van der Waals surface area contributed by atoms with Crippen LogP contribution in [-0.4, -0.2) is 53.4 Å². The summed E-state index contributed by atoms with van der Waals surface area (Å²) in [5, 5.41) is 7.73. The molecule has 1 atom stereocenters. The standard InChI is InChI=1S/C16H20N4O2.ClH/c1-12-11-19(10-8-17-12)16(21)15-7-9-20(18-15)13-3-5-14(22-2)6-4-13;/h3-7,9,12,17H,8,10-11H2,1-2H3;1H. The fourth-order valence-corrected chi connectivity index (χ4v) is 2.60. The third-order valence-electron chi connectivity index (χ3n) is 3.80. The molecule has 1 fully saturated rings. The Morgan fingerprint density at radius 1 is 1.30 bits per heavy atom. The third-order valence-corrected chi connectivity index (χ3v) is 3.80. The number of carbonyl (C=O) groups excluding carboxylic acids is 1. The highest BCUT2D eigenvalue weighted by Gasteiger charge is 2.23. The van der Waals surface area contributed by atoms with Gasteiger partial charge in [0.25, 0.3) is 5.91 Å². The molecule has 2 aromatic rings. The van der Waals surface area contributed by atoms with Gasteiger partial charge in [0, 0.05) is 31.9 Å². The second kappa shape index (κ2) is 7.48. The number of nitrogens with zero attached hydrogens (tertiary/aromatic N) is 3. The lowest BCUT2D eigenvalue weighted by Crippen LogP contribution is -2.51. The summed E-state index contributed by atoms with van der Waals surface area (Å²) in [6.45, 7) is 4.34. The molecule has 0 bridgehead atoms. The summed E-state index contributed by atoms with van der Waals surface area (Å²) in [6, 6.07) is 9.65. The Bertz CT molecular complexity index is 656. The van der Waals surface area contributed by atoms with Gasteiger partial charge in [-0.1, -0.05) is 0 Å². The Morgan fingerprint density at radius 2 is 2.04 bits per heavy atom. The van der Waals surface area contributed by atoms with Crippen LogP contribution >= 0.6 is 12.4 Å². The lowest BCUT2D eigenvalue weighted by Gasteiger charge is -2.31. The van der Waals surface area contributed by atoms with E-state index in [9.17, 15) is 4.79 Å². The predicted octanol–water partition coefficient (Wildman–Crippen LogP) is 1.74. The number of ether oxygens (including phenoxy) is 1. The molecule has 1 aliphatic rings. The number of rotatable bonds is 3. The number of amides is 1. The number of benzene rings is 1. The zero-order chi connectivity index (χ0) is 15.5. The third kappa shape index (κ3) is 3.83. The van der Waals surface area contributed by atoms with Crippen LogP contribution in [0.5, 0.6) is 5.75 Å². The van der Waals surface area contributed by atoms with E-state index in [-0.39, 0.29) is 18.3 Å². The van der Waals surface area contributed by atoms with Crippen LogP contribution in [0.3, 0.4) is 0 Å². The Balaban J connectivity index is 0.00000192. The van der Waals surface area contributed by atoms with Crippen LogP contribution in [0.25, 0.3) is 5.69 Å². The van der Waals surface area contributed by atoms with Gasteiger partial charge in [-0.05, 0) is 37.3 Å². The molecular formula is C16H21ClN4O2. The van der Waals surface area contributed by atoms with Crippen molar-refractivity contribution in [1.29, 1.82) is 0 Å². The smallest absolute Gasteiger partial charge is 0.274 e. The first kappa shape index (κ1) is 17.3. The minimum atomic E-state index is -0.0133. The van der Waals surface area contributed by atoms with Crippen molar-refractivity contribution < 1.29 is 9.53 Å². The van der Waals surface area contributed by atoms with E-state index >= 15 is 0 Å². The van der Waals surface area contributed by atoms with E-state index in [2.05, 4.69) is 17.3 Å². The SMILES string of the molecule is COc1ccc(-n2ccc(C(=O)N3CCNC(C)C3)n2)cc1.Cl. The van der Waals surface area contributed by atoms with Crippen LogP contribution < -0.4 is 10.1 Å². The van der Waals surface area contributed by atoms with Crippen molar-refractivity contribution in [3.8, 4) is 11.4 Å². The van der Waals surface area contributed by atoms with Crippen LogP contribution in [0, 0.1) is 0 Å². The quantitative estimate of drug-likeness (QED) is 0.927. The topological polar surface area (TPSA) is 59.4 Å². The van der Waals surface area contributed by atoms with E-state index in [0.717, 1.165) is 24.5 Å². The lowest BCUT2D eigenvalue weighted by molar-refractivity contribution is 0.0702. The maximum Gasteiger partial charge on any atom is 0.274 e. The zero-order valence-corrected chi connectivity index (χ0v) is 14.0. The molecular weight excluding hydrogens is 316 g/mol. The molecule has 1 aliphatic heterocycles. The highest BCUT2D eigenvalue weighted by Crippen LogP contribution is 2.15. The molecule has 6 nitrogen and oxygen atoms in total. The normalized spacial score (nSPS) is 17.5. The molecule has 1 saturated heterocycles. The van der Waals surface area contributed by atoms with E-state index in [0.29, 0.717) is 18.3 Å². The van der Waals surface area contributed by atoms with E-state index in [1.807, 2.05) is 29.2 Å². The van der Waals surface area contributed by atoms with Gasteiger partial charge in [0.05, 0.1) is 12.8 Å². The maximum atomic E-state index is 12.5. The Hall–Kier alpha value is -2.05. The van der Waals surface area contributed by atoms with Crippen LogP contribution in [0.2, 0.25) is 0 Å². The van der Waals surface area contributed by atoms with Crippen LogP contribution in [-0.2, 0) is 0 Å². The summed E-state index contributed by atoms with van der Waals surface area (Å²) in [5.41, 5.74) is 1.37. The second-order valence-electron chi connectivity index (χ2n) is 5.45. The number of halogens is 1. The molecule has 1 amide bonds. The van der Waals surface area contributed by atoms with E-state index < -0.39 is 0 Å². The highest BCUT2D eigenvalue weighted by atomic mass is 35.5. The molecule has 1 N–H and O–H groups in total. The number of nitrogens with one attached hydrogen (secondary N) is 1. The first-order valence-electron chi connectivity index (χ1n) is 7.40. The van der Waals surface area contributed by atoms with Gasteiger partial charge in [0.15, 0.2) is 5.69 Å².